The molecule has 4 rings (SSSR count). The molecule has 0 unspecified atom stereocenters. The highest BCUT2D eigenvalue weighted by Gasteiger charge is 2.33. The molecular weight excluding hydrogens is 368 g/mol. The largest absolute Gasteiger partial charge is 0.417 e. The van der Waals surface area contributed by atoms with Gasteiger partial charge >= 0.3 is 12.1 Å². The molecule has 1 aliphatic heterocycles. The molecule has 0 aromatic heterocycles. The Bertz CT molecular complexity index is 899. The molecule has 2 fully saturated rings. The zero-order valence-electron chi connectivity index (χ0n) is 16.7. The highest BCUT2D eigenvalue weighted by molar-refractivity contribution is 5.90. The van der Waals surface area contributed by atoms with Crippen LogP contribution in [0.1, 0.15) is 43.2 Å². The van der Waals surface area contributed by atoms with Crippen LogP contribution in [-0.4, -0.2) is 48.2 Å². The Morgan fingerprint density at radius 1 is 1.07 bits per heavy atom. The van der Waals surface area contributed by atoms with E-state index in [1.807, 2.05) is 36.4 Å². The van der Waals surface area contributed by atoms with Crippen molar-refractivity contribution in [2.24, 2.45) is 0 Å². The monoisotopic (exact) mass is 396 g/mol. The van der Waals surface area contributed by atoms with Gasteiger partial charge in [-0.3, -0.25) is 4.79 Å². The zero-order chi connectivity index (χ0) is 20.3. The maximum atomic E-state index is 12.4. The Morgan fingerprint density at radius 3 is 2.55 bits per heavy atom. The average Bonchev–Trinajstić information content (AvgIpc) is 2.74. The molecule has 6 nitrogen and oxygen atoms in total. The molecule has 0 spiro atoms. The highest BCUT2D eigenvalue weighted by Crippen LogP contribution is 2.40. The summed E-state index contributed by atoms with van der Waals surface area (Å²) in [6.45, 7) is 2.49. The van der Waals surface area contributed by atoms with Crippen LogP contribution >= 0.6 is 0 Å². The second kappa shape index (κ2) is 8.51. The molecular formula is C23H28N2O4. The summed E-state index contributed by atoms with van der Waals surface area (Å²) in [5.74, 6) is -0.564. The predicted octanol–water partition coefficient (Wildman–Crippen LogP) is 3.10. The first-order valence-corrected chi connectivity index (χ1v) is 10.5. The molecule has 0 bridgehead atoms. The number of ether oxygens (including phenoxy) is 1. The van der Waals surface area contributed by atoms with E-state index >= 15 is 0 Å². The molecule has 1 saturated heterocycles. The number of hydrogen-bond acceptors (Lipinski definition) is 5. The molecule has 1 amide bonds. The number of benzene rings is 2. The van der Waals surface area contributed by atoms with Crippen LogP contribution in [0.3, 0.4) is 0 Å². The molecule has 6 heteroatoms. The molecule has 0 atom stereocenters. The lowest BCUT2D eigenvalue weighted by molar-refractivity contribution is -0.137. The molecule has 2 aliphatic rings. The van der Waals surface area contributed by atoms with Gasteiger partial charge in [0.25, 0.3) is 0 Å². The smallest absolute Gasteiger partial charge is 0.385 e. The van der Waals surface area contributed by atoms with Gasteiger partial charge in [-0.15, -0.1) is 0 Å². The van der Waals surface area contributed by atoms with Crippen molar-refractivity contribution in [3.05, 3.63) is 47.5 Å². The van der Waals surface area contributed by atoms with Crippen molar-refractivity contribution in [3.8, 4) is 0 Å². The van der Waals surface area contributed by atoms with Crippen molar-refractivity contribution in [2.75, 3.05) is 26.2 Å². The molecule has 29 heavy (non-hydrogen) atoms. The van der Waals surface area contributed by atoms with Crippen LogP contribution in [0.4, 0.5) is 4.79 Å². The van der Waals surface area contributed by atoms with Gasteiger partial charge in [0.2, 0.25) is 0 Å². The van der Waals surface area contributed by atoms with Crippen molar-refractivity contribution >= 4 is 22.8 Å². The van der Waals surface area contributed by atoms with Gasteiger partial charge in [0.15, 0.2) is 0 Å². The first-order chi connectivity index (χ1) is 14.0. The number of nitrogens with zero attached hydrogens (tertiary/aromatic N) is 1. The minimum atomic E-state index is -0.867. The van der Waals surface area contributed by atoms with Crippen LogP contribution in [0, 0.1) is 0 Å². The lowest BCUT2D eigenvalue weighted by atomic mass is 9.77. The molecule has 2 N–H and O–H groups in total. The topological polar surface area (TPSA) is 78.9 Å². The van der Waals surface area contributed by atoms with Gasteiger partial charge in [-0.2, -0.15) is 0 Å². The van der Waals surface area contributed by atoms with Crippen LogP contribution in [0.15, 0.2) is 36.4 Å². The predicted molar refractivity (Wildman–Crippen MR) is 111 cm³/mol. The van der Waals surface area contributed by atoms with E-state index in [0.717, 1.165) is 54.0 Å². The van der Waals surface area contributed by atoms with Crippen molar-refractivity contribution in [1.29, 1.82) is 0 Å². The summed E-state index contributed by atoms with van der Waals surface area (Å²) in [6, 6.07) is 11.8. The van der Waals surface area contributed by atoms with Crippen LogP contribution in [-0.2, 0) is 21.6 Å². The van der Waals surface area contributed by atoms with E-state index in [2.05, 4.69) is 5.32 Å². The van der Waals surface area contributed by atoms with E-state index in [1.165, 1.54) is 0 Å². The quantitative estimate of drug-likeness (QED) is 0.616. The SMILES string of the molecule is O=C(Cc1cc(C2(O)CCCCC2)c2ccccc2c1)OC(=O)N1CCNCC1. The highest BCUT2D eigenvalue weighted by atomic mass is 16.6. The number of piperazine rings is 1. The molecule has 0 radical (unpaired) electrons. The fourth-order valence-electron chi connectivity index (χ4n) is 4.48. The first-order valence-electron chi connectivity index (χ1n) is 10.5. The van der Waals surface area contributed by atoms with Crippen LogP contribution in [0.2, 0.25) is 0 Å². The number of amides is 1. The van der Waals surface area contributed by atoms with Crippen LogP contribution in [0.25, 0.3) is 10.8 Å². The Kier molecular flexibility index (Phi) is 5.83. The van der Waals surface area contributed by atoms with Gasteiger partial charge in [0.05, 0.1) is 12.0 Å². The molecule has 2 aromatic rings. The summed E-state index contributed by atoms with van der Waals surface area (Å²) in [4.78, 5) is 26.2. The molecule has 1 saturated carbocycles. The molecule has 2 aromatic carbocycles. The first kappa shape index (κ1) is 19.9. The van der Waals surface area contributed by atoms with Crippen molar-refractivity contribution < 1.29 is 19.4 Å². The third-order valence-electron chi connectivity index (χ3n) is 6.03. The Labute approximate surface area is 170 Å². The molecule has 1 heterocycles. The number of carbonyl (C=O) groups is 2. The number of aliphatic hydroxyl groups is 1. The Hall–Kier alpha value is -2.44. The van der Waals surface area contributed by atoms with Gasteiger partial charge in [0.1, 0.15) is 0 Å². The average molecular weight is 396 g/mol. The standard InChI is InChI=1S/C23H28N2O4/c26-21(29-22(27)25-12-10-24-11-13-25)16-17-14-18-6-2-3-7-19(18)20(15-17)23(28)8-4-1-5-9-23/h2-3,6-7,14-15,24,28H,1,4-5,8-13,16H2. The van der Waals surface area contributed by atoms with Gasteiger partial charge < -0.3 is 20.1 Å². The van der Waals surface area contributed by atoms with E-state index in [9.17, 15) is 14.7 Å². The number of hydrogen-bond donors (Lipinski definition) is 2. The third kappa shape index (κ3) is 4.43. The minimum Gasteiger partial charge on any atom is -0.385 e. The number of rotatable bonds is 3. The second-order valence-electron chi connectivity index (χ2n) is 8.11. The summed E-state index contributed by atoms with van der Waals surface area (Å²) in [5, 5.41) is 16.5. The molecule has 1 aliphatic carbocycles. The summed E-state index contributed by atoms with van der Waals surface area (Å²) in [6.07, 6.45) is 4.01. The third-order valence-corrected chi connectivity index (χ3v) is 6.03. The van der Waals surface area contributed by atoms with Gasteiger partial charge in [-0.1, -0.05) is 55.7 Å². The van der Waals surface area contributed by atoms with Crippen LogP contribution < -0.4 is 5.32 Å². The minimum absolute atomic E-state index is 0.00570. The lowest BCUT2D eigenvalue weighted by Gasteiger charge is -2.34. The fraction of sp³-hybridized carbons (Fsp3) is 0.478. The number of nitrogens with one attached hydrogen (secondary N) is 1. The fourth-order valence-corrected chi connectivity index (χ4v) is 4.48. The zero-order valence-corrected chi connectivity index (χ0v) is 16.7. The summed E-state index contributed by atoms with van der Waals surface area (Å²) < 4.78 is 5.07. The Balaban J connectivity index is 1.55. The number of esters is 1. The van der Waals surface area contributed by atoms with E-state index in [-0.39, 0.29) is 6.42 Å². The van der Waals surface area contributed by atoms with E-state index in [1.54, 1.807) is 4.90 Å². The van der Waals surface area contributed by atoms with Crippen LogP contribution in [0.5, 0.6) is 0 Å². The second-order valence-corrected chi connectivity index (χ2v) is 8.11. The van der Waals surface area contributed by atoms with E-state index in [4.69, 9.17) is 4.74 Å². The summed E-state index contributed by atoms with van der Waals surface area (Å²) in [7, 11) is 0. The molecule has 154 valence electrons. The van der Waals surface area contributed by atoms with Crippen molar-refractivity contribution in [1.82, 2.24) is 10.2 Å². The van der Waals surface area contributed by atoms with Crippen molar-refractivity contribution in [2.45, 2.75) is 44.1 Å². The van der Waals surface area contributed by atoms with Gasteiger partial charge in [0, 0.05) is 26.2 Å². The Morgan fingerprint density at radius 2 is 1.79 bits per heavy atom. The van der Waals surface area contributed by atoms with Gasteiger partial charge in [-0.25, -0.2) is 4.79 Å². The maximum absolute atomic E-state index is 12.4. The van der Waals surface area contributed by atoms with Crippen molar-refractivity contribution in [3.63, 3.8) is 0 Å². The summed E-state index contributed by atoms with van der Waals surface area (Å²) in [5.41, 5.74) is 0.774. The van der Waals surface area contributed by atoms with E-state index in [0.29, 0.717) is 26.2 Å². The van der Waals surface area contributed by atoms with Gasteiger partial charge in [-0.05, 0) is 34.7 Å². The van der Waals surface area contributed by atoms with E-state index < -0.39 is 17.7 Å². The normalized spacial score (nSPS) is 19.1. The lowest BCUT2D eigenvalue weighted by Crippen LogP contribution is -2.47. The summed E-state index contributed by atoms with van der Waals surface area (Å²) >= 11 is 0. The number of carbonyl (C=O) groups excluding carboxylic acids is 2. The number of fused-ring (bicyclic) bond motifs is 1. The maximum Gasteiger partial charge on any atom is 0.417 e.